The smallest absolute Gasteiger partial charge is 0.263 e. The lowest BCUT2D eigenvalue weighted by atomic mass is 9.86. The number of para-hydroxylation sites is 1. The Morgan fingerprint density at radius 3 is 2.78 bits per heavy atom. The van der Waals surface area contributed by atoms with Crippen molar-refractivity contribution in [3.8, 4) is 0 Å². The van der Waals surface area contributed by atoms with Crippen LogP contribution in [-0.4, -0.2) is 40.0 Å². The first-order chi connectivity index (χ1) is 8.42. The highest BCUT2D eigenvalue weighted by Gasteiger charge is 2.53. The Balaban J connectivity index is 2.53. The molecule has 1 aliphatic heterocycles. The molecule has 98 valence electrons. The maximum Gasteiger partial charge on any atom is 0.263 e. The maximum absolute atomic E-state index is 11.9. The highest BCUT2D eigenvalue weighted by Crippen LogP contribution is 2.41. The van der Waals surface area contributed by atoms with Crippen LogP contribution >= 0.6 is 22.6 Å². The predicted octanol–water partition coefficient (Wildman–Crippen LogP) is -0.889. The van der Waals surface area contributed by atoms with Crippen molar-refractivity contribution < 1.29 is 20.1 Å². The van der Waals surface area contributed by atoms with Gasteiger partial charge >= 0.3 is 0 Å². The predicted molar refractivity (Wildman–Crippen MR) is 72.8 cm³/mol. The molecule has 0 spiro atoms. The standard InChI is InChI=1S/C11H13IN2O4/c12-6-3-1-2-5-8(6)14-10(17)11(5,18)9(16)7(13)4-15/h1-3,7,9,15-16,18H,4,13H2,(H,14,17)/t7-,9-,11+/m1/s1. The molecule has 0 unspecified atom stereocenters. The van der Waals surface area contributed by atoms with Crippen LogP contribution in [0.2, 0.25) is 0 Å². The third kappa shape index (κ3) is 1.82. The van der Waals surface area contributed by atoms with Gasteiger partial charge in [0.1, 0.15) is 6.10 Å². The van der Waals surface area contributed by atoms with Gasteiger partial charge in [-0.2, -0.15) is 0 Å². The fourth-order valence-electron chi connectivity index (χ4n) is 2.00. The van der Waals surface area contributed by atoms with Gasteiger partial charge in [0.25, 0.3) is 5.91 Å². The van der Waals surface area contributed by atoms with Crippen molar-refractivity contribution in [1.29, 1.82) is 0 Å². The van der Waals surface area contributed by atoms with Crippen LogP contribution in [0.25, 0.3) is 0 Å². The Hall–Kier alpha value is -0.740. The van der Waals surface area contributed by atoms with Gasteiger partial charge in [0.2, 0.25) is 0 Å². The molecule has 6 nitrogen and oxygen atoms in total. The van der Waals surface area contributed by atoms with E-state index in [1.807, 2.05) is 22.6 Å². The minimum Gasteiger partial charge on any atom is -0.395 e. The van der Waals surface area contributed by atoms with Gasteiger partial charge in [-0.05, 0) is 28.7 Å². The molecule has 18 heavy (non-hydrogen) atoms. The molecule has 0 aliphatic carbocycles. The average Bonchev–Trinajstić information content (AvgIpc) is 2.63. The number of halogens is 1. The van der Waals surface area contributed by atoms with E-state index in [1.54, 1.807) is 18.2 Å². The topological polar surface area (TPSA) is 116 Å². The number of carbonyl (C=O) groups excluding carboxylic acids is 1. The number of aliphatic hydroxyl groups excluding tert-OH is 2. The van der Waals surface area contributed by atoms with Crippen molar-refractivity contribution in [2.45, 2.75) is 17.7 Å². The van der Waals surface area contributed by atoms with Gasteiger partial charge in [0.05, 0.1) is 18.3 Å². The number of benzene rings is 1. The molecule has 1 amide bonds. The minimum atomic E-state index is -2.13. The van der Waals surface area contributed by atoms with Crippen molar-refractivity contribution in [3.63, 3.8) is 0 Å². The normalized spacial score (nSPS) is 25.5. The number of fused-ring (bicyclic) bond motifs is 1. The number of carbonyl (C=O) groups is 1. The van der Waals surface area contributed by atoms with Crippen molar-refractivity contribution in [2.75, 3.05) is 11.9 Å². The lowest BCUT2D eigenvalue weighted by Gasteiger charge is -2.30. The lowest BCUT2D eigenvalue weighted by Crippen LogP contribution is -2.55. The van der Waals surface area contributed by atoms with Gasteiger partial charge in [-0.1, -0.05) is 12.1 Å². The van der Waals surface area contributed by atoms with Gasteiger partial charge in [-0.15, -0.1) is 0 Å². The fraction of sp³-hybridized carbons (Fsp3) is 0.364. The Kier molecular flexibility index (Phi) is 3.60. The summed E-state index contributed by atoms with van der Waals surface area (Å²) in [6, 6.07) is 3.87. The second kappa shape index (κ2) is 4.74. The highest BCUT2D eigenvalue weighted by molar-refractivity contribution is 14.1. The third-order valence-corrected chi connectivity index (χ3v) is 3.95. The number of hydrogen-bond donors (Lipinski definition) is 5. The minimum absolute atomic E-state index is 0.274. The first kappa shape index (κ1) is 13.7. The van der Waals surface area contributed by atoms with Crippen LogP contribution in [0, 0.1) is 3.57 Å². The number of anilines is 1. The molecule has 0 radical (unpaired) electrons. The van der Waals surface area contributed by atoms with E-state index in [0.717, 1.165) is 3.57 Å². The van der Waals surface area contributed by atoms with Gasteiger partial charge < -0.3 is 26.4 Å². The molecule has 7 heteroatoms. The molecule has 0 saturated carbocycles. The van der Waals surface area contributed by atoms with E-state index in [9.17, 15) is 15.0 Å². The zero-order valence-corrected chi connectivity index (χ0v) is 11.5. The van der Waals surface area contributed by atoms with Crippen molar-refractivity contribution in [1.82, 2.24) is 0 Å². The van der Waals surface area contributed by atoms with Gasteiger partial charge in [-0.25, -0.2) is 0 Å². The molecule has 1 heterocycles. The molecule has 0 bridgehead atoms. The number of amides is 1. The number of rotatable bonds is 3. The van der Waals surface area contributed by atoms with E-state index < -0.39 is 30.3 Å². The quantitative estimate of drug-likeness (QED) is 0.447. The number of hydrogen-bond acceptors (Lipinski definition) is 5. The van der Waals surface area contributed by atoms with Crippen LogP contribution in [0.4, 0.5) is 5.69 Å². The maximum atomic E-state index is 11.9. The van der Waals surface area contributed by atoms with Crippen LogP contribution < -0.4 is 11.1 Å². The summed E-state index contributed by atoms with van der Waals surface area (Å²) in [6.07, 6.45) is -1.58. The molecule has 2 rings (SSSR count). The zero-order chi connectivity index (χ0) is 13.5. The first-order valence-electron chi connectivity index (χ1n) is 5.30. The molecule has 0 fully saturated rings. The SMILES string of the molecule is N[C@H](CO)[C@@H](O)[C@]1(O)C(=O)Nc2c(I)cccc21. The summed E-state index contributed by atoms with van der Waals surface area (Å²) >= 11 is 2.01. The summed E-state index contributed by atoms with van der Waals surface area (Å²) in [6.45, 7) is -0.532. The van der Waals surface area contributed by atoms with Gasteiger partial charge in [0.15, 0.2) is 5.60 Å². The Labute approximate surface area is 117 Å². The molecule has 3 atom stereocenters. The van der Waals surface area contributed by atoms with Crippen LogP contribution in [0.15, 0.2) is 18.2 Å². The van der Waals surface area contributed by atoms with E-state index in [0.29, 0.717) is 5.69 Å². The second-order valence-electron chi connectivity index (χ2n) is 4.17. The Bertz CT molecular complexity index is 496. The molecule has 0 saturated heterocycles. The van der Waals surface area contributed by atoms with E-state index >= 15 is 0 Å². The summed E-state index contributed by atoms with van der Waals surface area (Å²) < 4.78 is 0.749. The van der Waals surface area contributed by atoms with E-state index in [-0.39, 0.29) is 5.56 Å². The van der Waals surface area contributed by atoms with Crippen LogP contribution in [0.3, 0.4) is 0 Å². The number of aliphatic hydroxyl groups is 3. The van der Waals surface area contributed by atoms with Crippen molar-refractivity contribution in [3.05, 3.63) is 27.3 Å². The molecule has 1 aliphatic rings. The summed E-state index contributed by atoms with van der Waals surface area (Å²) in [5.74, 6) is -0.738. The van der Waals surface area contributed by atoms with Crippen molar-refractivity contribution in [2.24, 2.45) is 5.73 Å². The Morgan fingerprint density at radius 1 is 1.50 bits per heavy atom. The summed E-state index contributed by atoms with van der Waals surface area (Å²) in [7, 11) is 0. The van der Waals surface area contributed by atoms with E-state index in [1.165, 1.54) is 0 Å². The molecule has 0 aromatic heterocycles. The monoisotopic (exact) mass is 364 g/mol. The third-order valence-electron chi connectivity index (χ3n) is 3.05. The number of nitrogens with two attached hydrogens (primary N) is 1. The largest absolute Gasteiger partial charge is 0.395 e. The van der Waals surface area contributed by atoms with E-state index in [4.69, 9.17) is 10.8 Å². The van der Waals surface area contributed by atoms with Gasteiger partial charge in [-0.3, -0.25) is 4.79 Å². The van der Waals surface area contributed by atoms with Crippen molar-refractivity contribution >= 4 is 34.2 Å². The number of nitrogens with one attached hydrogen (secondary N) is 1. The van der Waals surface area contributed by atoms with Crippen LogP contribution in [0.1, 0.15) is 5.56 Å². The molecule has 1 aromatic carbocycles. The zero-order valence-electron chi connectivity index (χ0n) is 9.30. The summed E-state index contributed by atoms with van der Waals surface area (Å²) in [5, 5.41) is 31.9. The summed E-state index contributed by atoms with van der Waals surface area (Å²) in [5.41, 5.74) is 4.11. The first-order valence-corrected chi connectivity index (χ1v) is 6.38. The van der Waals surface area contributed by atoms with Gasteiger partial charge in [0, 0.05) is 9.13 Å². The molecule has 1 aromatic rings. The Morgan fingerprint density at radius 2 is 2.17 bits per heavy atom. The van der Waals surface area contributed by atoms with Crippen LogP contribution in [0.5, 0.6) is 0 Å². The average molecular weight is 364 g/mol. The fourth-order valence-corrected chi connectivity index (χ4v) is 2.64. The molecular formula is C11H13IN2O4. The van der Waals surface area contributed by atoms with Crippen LogP contribution in [-0.2, 0) is 10.4 Å². The summed E-state index contributed by atoms with van der Waals surface area (Å²) in [4.78, 5) is 11.9. The second-order valence-corrected chi connectivity index (χ2v) is 5.34. The molecular weight excluding hydrogens is 351 g/mol. The lowest BCUT2D eigenvalue weighted by molar-refractivity contribution is -0.150. The highest BCUT2D eigenvalue weighted by atomic mass is 127. The van der Waals surface area contributed by atoms with E-state index in [2.05, 4.69) is 5.32 Å². The molecule has 6 N–H and O–H groups in total.